The highest BCUT2D eigenvalue weighted by Crippen LogP contribution is 2.37. The lowest BCUT2D eigenvalue weighted by atomic mass is 10.2. The zero-order valence-corrected chi connectivity index (χ0v) is 13.8. The van der Waals surface area contributed by atoms with Crippen LogP contribution in [0.25, 0.3) is 22.4 Å². The predicted octanol–water partition coefficient (Wildman–Crippen LogP) is 3.92. The van der Waals surface area contributed by atoms with Gasteiger partial charge in [-0.15, -0.1) is 0 Å². The summed E-state index contributed by atoms with van der Waals surface area (Å²) in [4.78, 5) is 20.4. The Labute approximate surface area is 141 Å². The average Bonchev–Trinajstić information content (AvgIpc) is 3.18. The Kier molecular flexibility index (Phi) is 4.73. The number of halogens is 1. The summed E-state index contributed by atoms with van der Waals surface area (Å²) in [6, 6.07) is 6.98. The van der Waals surface area contributed by atoms with Gasteiger partial charge in [0.15, 0.2) is 23.6 Å². The molecule has 0 unspecified atom stereocenters. The van der Waals surface area contributed by atoms with Gasteiger partial charge in [-0.1, -0.05) is 16.8 Å². The van der Waals surface area contributed by atoms with Crippen molar-refractivity contribution in [1.29, 1.82) is 0 Å². The molecule has 1 aromatic carbocycles. The lowest BCUT2D eigenvalue weighted by Gasteiger charge is -2.07. The van der Waals surface area contributed by atoms with E-state index in [4.69, 9.17) is 25.3 Å². The van der Waals surface area contributed by atoms with Crippen LogP contribution in [0.4, 0.5) is 0 Å². The number of hydrogen-bond acceptors (Lipinski definition) is 7. The Balaban J connectivity index is 1.83. The molecule has 8 heteroatoms. The number of hydrogen-bond donors (Lipinski definition) is 0. The Hall–Kier alpha value is -2.51. The minimum Gasteiger partial charge on any atom is -0.480 e. The number of ether oxygens (including phenoxy) is 1. The summed E-state index contributed by atoms with van der Waals surface area (Å²) in [7, 11) is 0. The molecule has 0 aliphatic heterocycles. The Morgan fingerprint density at radius 3 is 2.83 bits per heavy atom. The Morgan fingerprint density at radius 1 is 1.29 bits per heavy atom. The molecule has 3 rings (SSSR count). The molecule has 0 saturated carbocycles. The minimum atomic E-state index is -0.669. The predicted molar refractivity (Wildman–Crippen MR) is 84.7 cm³/mol. The largest absolute Gasteiger partial charge is 0.480 e. The molecule has 0 radical (unpaired) electrons. The number of aryl methyl sites for hydroxylation is 1. The van der Waals surface area contributed by atoms with E-state index >= 15 is 0 Å². The highest BCUT2D eigenvalue weighted by atomic mass is 35.5. The first-order valence-corrected chi connectivity index (χ1v) is 7.57. The van der Waals surface area contributed by atoms with Gasteiger partial charge in [-0.3, -0.25) is 4.89 Å². The first-order chi connectivity index (χ1) is 11.6. The molecular formula is C16H14ClNO6. The molecule has 3 aromatic rings. The van der Waals surface area contributed by atoms with Crippen LogP contribution in [-0.2, 0) is 14.6 Å². The van der Waals surface area contributed by atoms with Crippen LogP contribution in [0.3, 0.4) is 0 Å². The van der Waals surface area contributed by atoms with Gasteiger partial charge >= 0.3 is 5.97 Å². The van der Waals surface area contributed by atoms with E-state index in [1.54, 1.807) is 25.1 Å². The van der Waals surface area contributed by atoms with Crippen molar-refractivity contribution < 1.29 is 28.2 Å². The number of carbonyl (C=O) groups excluding carboxylic acids is 1. The van der Waals surface area contributed by atoms with E-state index in [1.165, 1.54) is 0 Å². The molecule has 0 saturated heterocycles. The lowest BCUT2D eigenvalue weighted by molar-refractivity contribution is -0.270. The lowest BCUT2D eigenvalue weighted by Crippen LogP contribution is -2.15. The molecule has 0 spiro atoms. The summed E-state index contributed by atoms with van der Waals surface area (Å²) in [5, 5.41) is 4.88. The second-order valence-corrected chi connectivity index (χ2v) is 5.22. The van der Waals surface area contributed by atoms with Gasteiger partial charge in [-0.2, -0.15) is 4.89 Å². The number of benzene rings is 1. The maximum absolute atomic E-state index is 11.4. The molecule has 0 fully saturated rings. The second-order valence-electron chi connectivity index (χ2n) is 4.85. The van der Waals surface area contributed by atoms with Crippen molar-refractivity contribution in [3.63, 3.8) is 0 Å². The third-order valence-electron chi connectivity index (χ3n) is 3.13. The third-order valence-corrected chi connectivity index (χ3v) is 3.49. The van der Waals surface area contributed by atoms with Crippen LogP contribution in [0.1, 0.15) is 12.7 Å². The summed E-state index contributed by atoms with van der Waals surface area (Å²) in [6.07, 6.45) is 0. The maximum Gasteiger partial charge on any atom is 0.379 e. The summed E-state index contributed by atoms with van der Waals surface area (Å²) >= 11 is 6.26. The smallest absolute Gasteiger partial charge is 0.379 e. The molecule has 0 N–H and O–H groups in total. The van der Waals surface area contributed by atoms with E-state index in [9.17, 15) is 4.79 Å². The van der Waals surface area contributed by atoms with E-state index in [0.717, 1.165) is 5.76 Å². The van der Waals surface area contributed by atoms with Crippen LogP contribution in [0, 0.1) is 6.92 Å². The Bertz CT molecular complexity index is 869. The fourth-order valence-corrected chi connectivity index (χ4v) is 2.34. The fourth-order valence-electron chi connectivity index (χ4n) is 2.09. The van der Waals surface area contributed by atoms with Crippen molar-refractivity contribution in [3.05, 3.63) is 35.0 Å². The molecule has 126 valence electrons. The molecule has 2 heterocycles. The van der Waals surface area contributed by atoms with Gasteiger partial charge in [0, 0.05) is 0 Å². The molecule has 0 amide bonds. The van der Waals surface area contributed by atoms with Gasteiger partial charge in [-0.05, 0) is 38.1 Å². The van der Waals surface area contributed by atoms with Gasteiger partial charge in [0.25, 0.3) is 0 Å². The number of carbonyl (C=O) groups is 1. The zero-order chi connectivity index (χ0) is 17.1. The van der Waals surface area contributed by atoms with Crippen molar-refractivity contribution >= 4 is 28.5 Å². The molecule has 0 bridgehead atoms. The first-order valence-electron chi connectivity index (χ1n) is 7.20. The van der Waals surface area contributed by atoms with Gasteiger partial charge in [0.1, 0.15) is 16.5 Å². The molecule has 24 heavy (non-hydrogen) atoms. The summed E-state index contributed by atoms with van der Waals surface area (Å²) in [5.74, 6) is 0.949. The van der Waals surface area contributed by atoms with Gasteiger partial charge < -0.3 is 13.7 Å². The van der Waals surface area contributed by atoms with E-state index in [1.807, 2.05) is 13.0 Å². The summed E-state index contributed by atoms with van der Waals surface area (Å²) in [5.41, 5.74) is 0.888. The molecular weight excluding hydrogens is 338 g/mol. The average molecular weight is 352 g/mol. The molecule has 0 aliphatic carbocycles. The number of aromatic nitrogens is 1. The van der Waals surface area contributed by atoms with Crippen LogP contribution < -0.4 is 4.74 Å². The molecule has 0 atom stereocenters. The number of furan rings is 1. The summed E-state index contributed by atoms with van der Waals surface area (Å²) < 4.78 is 16.2. The zero-order valence-electron chi connectivity index (χ0n) is 13.0. The van der Waals surface area contributed by atoms with Crippen LogP contribution in [-0.4, -0.2) is 24.3 Å². The minimum absolute atomic E-state index is 0.207. The van der Waals surface area contributed by atoms with E-state index in [2.05, 4.69) is 14.9 Å². The topological polar surface area (TPSA) is 83.9 Å². The molecule has 7 nitrogen and oxygen atoms in total. The standard InChI is InChI=1S/C16H14ClNO6/c1-3-21-24-13(19)8-20-11-7-5-10-15(12-6-4-9(2)22-12)18-23-16(10)14(11)17/h4-7H,3,8H2,1-2H3. The van der Waals surface area contributed by atoms with Crippen LogP contribution in [0.5, 0.6) is 5.75 Å². The monoisotopic (exact) mass is 351 g/mol. The normalized spacial score (nSPS) is 11.0. The van der Waals surface area contributed by atoms with E-state index in [0.29, 0.717) is 22.4 Å². The molecule has 0 aliphatic rings. The Morgan fingerprint density at radius 2 is 2.12 bits per heavy atom. The quantitative estimate of drug-likeness (QED) is 0.491. The molecule has 2 aromatic heterocycles. The van der Waals surface area contributed by atoms with Crippen molar-refractivity contribution in [1.82, 2.24) is 5.16 Å². The fraction of sp³-hybridized carbons (Fsp3) is 0.250. The van der Waals surface area contributed by atoms with Crippen molar-refractivity contribution in [2.24, 2.45) is 0 Å². The SMILES string of the molecule is CCOOC(=O)COc1ccc2c(-c3ccc(C)o3)noc2c1Cl. The van der Waals surface area contributed by atoms with Gasteiger partial charge in [0.05, 0.1) is 12.0 Å². The van der Waals surface area contributed by atoms with Gasteiger partial charge in [-0.25, -0.2) is 4.79 Å². The number of nitrogens with zero attached hydrogens (tertiary/aromatic N) is 1. The highest BCUT2D eigenvalue weighted by molar-refractivity contribution is 6.36. The third kappa shape index (κ3) is 3.22. The second kappa shape index (κ2) is 6.94. The van der Waals surface area contributed by atoms with Crippen LogP contribution in [0.2, 0.25) is 5.02 Å². The van der Waals surface area contributed by atoms with E-state index < -0.39 is 5.97 Å². The maximum atomic E-state index is 11.4. The van der Waals surface area contributed by atoms with Gasteiger partial charge in [0.2, 0.25) is 0 Å². The summed E-state index contributed by atoms with van der Waals surface area (Å²) in [6.45, 7) is 3.45. The van der Waals surface area contributed by atoms with Crippen LogP contribution in [0.15, 0.2) is 33.2 Å². The number of rotatable bonds is 6. The highest BCUT2D eigenvalue weighted by Gasteiger charge is 2.19. The number of fused-ring (bicyclic) bond motifs is 1. The van der Waals surface area contributed by atoms with Crippen molar-refractivity contribution in [2.45, 2.75) is 13.8 Å². The van der Waals surface area contributed by atoms with Crippen LogP contribution >= 0.6 is 11.6 Å². The van der Waals surface area contributed by atoms with E-state index in [-0.39, 0.29) is 24.0 Å². The van der Waals surface area contributed by atoms with Crippen molar-refractivity contribution in [3.8, 4) is 17.2 Å². The first kappa shape index (κ1) is 16.4. The van der Waals surface area contributed by atoms with Crippen molar-refractivity contribution in [2.75, 3.05) is 13.2 Å².